The van der Waals surface area contributed by atoms with Crippen molar-refractivity contribution in [2.45, 2.75) is 0 Å². The number of carbonyl (C=O) groups excluding carboxylic acids is 1. The first-order valence-corrected chi connectivity index (χ1v) is 6.38. The molecule has 0 unspecified atom stereocenters. The number of rotatable bonds is 4. The molecule has 5 heteroatoms. The maximum atomic E-state index is 12.1. The van der Waals surface area contributed by atoms with Crippen LogP contribution in [0, 0.1) is 0 Å². The van der Waals surface area contributed by atoms with E-state index in [1.54, 1.807) is 25.3 Å². The van der Waals surface area contributed by atoms with Gasteiger partial charge in [0, 0.05) is 31.7 Å². The summed E-state index contributed by atoms with van der Waals surface area (Å²) in [5.41, 5.74) is 0.648. The van der Waals surface area contributed by atoms with Crippen molar-refractivity contribution in [1.29, 1.82) is 0 Å². The van der Waals surface area contributed by atoms with Gasteiger partial charge < -0.3 is 10.1 Å². The van der Waals surface area contributed by atoms with Crippen molar-refractivity contribution < 1.29 is 9.53 Å². The molecule has 1 aromatic carbocycles. The lowest BCUT2D eigenvalue weighted by molar-refractivity contribution is 0.0921. The minimum Gasteiger partial charge on any atom is -0.495 e. The summed E-state index contributed by atoms with van der Waals surface area (Å²) in [4.78, 5) is 14.3. The number of ether oxygens (including phenoxy) is 1. The molecule has 0 bridgehead atoms. The Morgan fingerprint density at radius 2 is 2.17 bits per heavy atom. The average molecular weight is 269 g/mol. The van der Waals surface area contributed by atoms with Gasteiger partial charge in [-0.05, 0) is 18.2 Å². The number of carbonyl (C=O) groups is 1. The van der Waals surface area contributed by atoms with E-state index in [1.807, 2.05) is 0 Å². The van der Waals surface area contributed by atoms with E-state index in [1.165, 1.54) is 0 Å². The van der Waals surface area contributed by atoms with Gasteiger partial charge in [-0.2, -0.15) is 0 Å². The van der Waals surface area contributed by atoms with Crippen molar-refractivity contribution in [3.8, 4) is 5.75 Å². The van der Waals surface area contributed by atoms with Crippen molar-refractivity contribution in [2.24, 2.45) is 0 Å². The van der Waals surface area contributed by atoms with E-state index in [4.69, 9.17) is 16.3 Å². The third-order valence-electron chi connectivity index (χ3n) is 3.05. The third kappa shape index (κ3) is 3.22. The summed E-state index contributed by atoms with van der Waals surface area (Å²) in [6.07, 6.45) is 0. The fraction of sp³-hybridized carbons (Fsp3) is 0.462. The first kappa shape index (κ1) is 13.3. The van der Waals surface area contributed by atoms with Crippen LogP contribution in [0.25, 0.3) is 0 Å². The molecular formula is C13H17ClN2O2. The van der Waals surface area contributed by atoms with Gasteiger partial charge in [0.2, 0.25) is 0 Å². The molecule has 0 saturated carbocycles. The number of nitrogens with zero attached hydrogens (tertiary/aromatic N) is 1. The van der Waals surface area contributed by atoms with Gasteiger partial charge in [0.25, 0.3) is 0 Å². The van der Waals surface area contributed by atoms with Crippen LogP contribution in [0.4, 0.5) is 0 Å². The molecule has 2 rings (SSSR count). The van der Waals surface area contributed by atoms with Gasteiger partial charge in [-0.25, -0.2) is 0 Å². The molecule has 0 amide bonds. The minimum absolute atomic E-state index is 0.104. The SMILES string of the molecule is COc1cc(C(=O)CN2CCNCC2)ccc1Cl. The number of ketones is 1. The van der Waals surface area contributed by atoms with Crippen LogP contribution < -0.4 is 10.1 Å². The zero-order valence-electron chi connectivity index (χ0n) is 10.4. The summed E-state index contributed by atoms with van der Waals surface area (Å²) < 4.78 is 5.12. The minimum atomic E-state index is 0.104. The van der Waals surface area contributed by atoms with Crippen LogP contribution in [0.2, 0.25) is 5.02 Å². The molecule has 1 heterocycles. The van der Waals surface area contributed by atoms with Crippen molar-refractivity contribution in [3.63, 3.8) is 0 Å². The number of methoxy groups -OCH3 is 1. The van der Waals surface area contributed by atoms with Gasteiger partial charge >= 0.3 is 0 Å². The van der Waals surface area contributed by atoms with E-state index in [0.717, 1.165) is 26.2 Å². The van der Waals surface area contributed by atoms with Crippen LogP contribution >= 0.6 is 11.6 Å². The highest BCUT2D eigenvalue weighted by Crippen LogP contribution is 2.25. The molecule has 98 valence electrons. The Bertz CT molecular complexity index is 431. The molecule has 0 aromatic heterocycles. The summed E-state index contributed by atoms with van der Waals surface area (Å²) in [7, 11) is 1.55. The standard InChI is InChI=1S/C13H17ClN2O2/c1-18-13-8-10(2-3-11(13)14)12(17)9-16-6-4-15-5-7-16/h2-3,8,15H,4-7,9H2,1H3. The molecule has 1 aliphatic rings. The number of nitrogens with one attached hydrogen (secondary N) is 1. The molecule has 0 aliphatic carbocycles. The number of hydrogen-bond acceptors (Lipinski definition) is 4. The highest BCUT2D eigenvalue weighted by atomic mass is 35.5. The second-order valence-electron chi connectivity index (χ2n) is 4.30. The van der Waals surface area contributed by atoms with Gasteiger partial charge in [-0.3, -0.25) is 9.69 Å². The molecule has 1 fully saturated rings. The Morgan fingerprint density at radius 1 is 1.44 bits per heavy atom. The molecule has 1 aliphatic heterocycles. The van der Waals surface area contributed by atoms with E-state index in [2.05, 4.69) is 10.2 Å². The third-order valence-corrected chi connectivity index (χ3v) is 3.36. The molecular weight excluding hydrogens is 252 g/mol. The lowest BCUT2D eigenvalue weighted by atomic mass is 10.1. The van der Waals surface area contributed by atoms with Crippen LogP contribution in [-0.4, -0.2) is 50.5 Å². The molecule has 1 aromatic rings. The highest BCUT2D eigenvalue weighted by Gasteiger charge is 2.15. The second kappa shape index (κ2) is 6.18. The molecule has 1 saturated heterocycles. The number of halogens is 1. The molecule has 1 N–H and O–H groups in total. The number of Topliss-reactive ketones (excluding diaryl/α,β-unsaturated/α-hetero) is 1. The zero-order valence-corrected chi connectivity index (χ0v) is 11.2. The number of benzene rings is 1. The van der Waals surface area contributed by atoms with Crippen molar-refractivity contribution >= 4 is 17.4 Å². The smallest absolute Gasteiger partial charge is 0.176 e. The fourth-order valence-corrected chi connectivity index (χ4v) is 2.19. The van der Waals surface area contributed by atoms with Crippen LogP contribution in [0.1, 0.15) is 10.4 Å². The van der Waals surface area contributed by atoms with Gasteiger partial charge in [-0.1, -0.05) is 11.6 Å². The van der Waals surface area contributed by atoms with Crippen LogP contribution in [-0.2, 0) is 0 Å². The summed E-state index contributed by atoms with van der Waals surface area (Å²) in [6.45, 7) is 4.16. The molecule has 0 spiro atoms. The highest BCUT2D eigenvalue weighted by molar-refractivity contribution is 6.32. The molecule has 0 atom stereocenters. The van der Waals surface area contributed by atoms with Crippen LogP contribution in [0.3, 0.4) is 0 Å². The molecule has 18 heavy (non-hydrogen) atoms. The normalized spacial score (nSPS) is 16.6. The van der Waals surface area contributed by atoms with E-state index < -0.39 is 0 Å². The maximum absolute atomic E-state index is 12.1. The van der Waals surface area contributed by atoms with E-state index in [0.29, 0.717) is 22.9 Å². The predicted octanol–water partition coefficient (Wildman–Crippen LogP) is 1.44. The van der Waals surface area contributed by atoms with Crippen molar-refractivity contribution in [2.75, 3.05) is 39.8 Å². The van der Waals surface area contributed by atoms with E-state index in [-0.39, 0.29) is 5.78 Å². The van der Waals surface area contributed by atoms with E-state index in [9.17, 15) is 4.79 Å². The predicted molar refractivity (Wildman–Crippen MR) is 71.6 cm³/mol. The van der Waals surface area contributed by atoms with E-state index >= 15 is 0 Å². The van der Waals surface area contributed by atoms with Crippen LogP contribution in [0.5, 0.6) is 5.75 Å². The Morgan fingerprint density at radius 3 is 2.83 bits per heavy atom. The van der Waals surface area contributed by atoms with Crippen molar-refractivity contribution in [1.82, 2.24) is 10.2 Å². The summed E-state index contributed by atoms with van der Waals surface area (Å²) in [5, 5.41) is 3.79. The Labute approximate surface area is 112 Å². The van der Waals surface area contributed by atoms with Crippen molar-refractivity contribution in [3.05, 3.63) is 28.8 Å². The fourth-order valence-electron chi connectivity index (χ4n) is 2.00. The first-order chi connectivity index (χ1) is 8.70. The lowest BCUT2D eigenvalue weighted by Crippen LogP contribution is -2.45. The summed E-state index contributed by atoms with van der Waals surface area (Å²) in [5.74, 6) is 0.648. The van der Waals surface area contributed by atoms with Crippen LogP contribution in [0.15, 0.2) is 18.2 Å². The van der Waals surface area contributed by atoms with Gasteiger partial charge in [0.15, 0.2) is 5.78 Å². The largest absolute Gasteiger partial charge is 0.495 e. The Balaban J connectivity index is 2.03. The average Bonchev–Trinajstić information content (AvgIpc) is 2.40. The topological polar surface area (TPSA) is 41.6 Å². The first-order valence-electron chi connectivity index (χ1n) is 6.00. The molecule has 0 radical (unpaired) electrons. The van der Waals surface area contributed by atoms with Gasteiger partial charge in [0.05, 0.1) is 18.7 Å². The summed E-state index contributed by atoms with van der Waals surface area (Å²) >= 11 is 5.94. The zero-order chi connectivity index (χ0) is 13.0. The van der Waals surface area contributed by atoms with Gasteiger partial charge in [-0.15, -0.1) is 0 Å². The summed E-state index contributed by atoms with van der Waals surface area (Å²) in [6, 6.07) is 5.15. The Kier molecular flexibility index (Phi) is 4.58. The monoisotopic (exact) mass is 268 g/mol. The molecule has 4 nitrogen and oxygen atoms in total. The Hall–Kier alpha value is -1.10. The second-order valence-corrected chi connectivity index (χ2v) is 4.71. The number of hydrogen-bond donors (Lipinski definition) is 1. The van der Waals surface area contributed by atoms with Gasteiger partial charge in [0.1, 0.15) is 5.75 Å². The lowest BCUT2D eigenvalue weighted by Gasteiger charge is -2.26. The quantitative estimate of drug-likeness (QED) is 0.839. The number of piperazine rings is 1. The maximum Gasteiger partial charge on any atom is 0.176 e.